The zero-order valence-corrected chi connectivity index (χ0v) is 11.7. The molecule has 1 rings (SSSR count). The fourth-order valence-corrected chi connectivity index (χ4v) is 2.36. The minimum absolute atomic E-state index is 0.120. The van der Waals surface area contributed by atoms with Crippen molar-refractivity contribution in [1.29, 1.82) is 0 Å². The molecule has 0 heterocycles. The van der Waals surface area contributed by atoms with Crippen molar-refractivity contribution >= 4 is 0 Å². The van der Waals surface area contributed by atoms with Crippen molar-refractivity contribution < 1.29 is 8.78 Å². The molecule has 1 aromatic carbocycles. The number of aryl methyl sites for hydroxylation is 1. The number of rotatable bonds is 6. The average Bonchev–Trinajstić information content (AvgIpc) is 2.34. The van der Waals surface area contributed by atoms with Crippen LogP contribution in [0.4, 0.5) is 8.78 Å². The minimum Gasteiger partial charge on any atom is -0.310 e. The molecule has 0 aliphatic heterocycles. The van der Waals surface area contributed by atoms with Gasteiger partial charge in [-0.2, -0.15) is 0 Å². The van der Waals surface area contributed by atoms with Crippen LogP contribution in [0, 0.1) is 24.5 Å². The molecule has 1 nitrogen and oxygen atoms in total. The second kappa shape index (κ2) is 6.83. The third kappa shape index (κ3) is 3.29. The molecule has 0 aromatic heterocycles. The van der Waals surface area contributed by atoms with Crippen molar-refractivity contribution in [3.05, 3.63) is 34.9 Å². The first-order chi connectivity index (χ1) is 8.52. The summed E-state index contributed by atoms with van der Waals surface area (Å²) in [6, 6.07) is 3.23. The van der Waals surface area contributed by atoms with Crippen LogP contribution in [-0.2, 0) is 0 Å². The first kappa shape index (κ1) is 15.1. The fourth-order valence-electron chi connectivity index (χ4n) is 2.36. The normalized spacial score (nSPS) is 14.6. The summed E-state index contributed by atoms with van der Waals surface area (Å²) in [5.74, 6) is -1.14. The smallest absolute Gasteiger partial charge is 0.163 e. The lowest BCUT2D eigenvalue weighted by Gasteiger charge is -2.25. The molecule has 3 heteroatoms. The predicted molar refractivity (Wildman–Crippen MR) is 71.6 cm³/mol. The Bertz CT molecular complexity index is 390. The predicted octanol–water partition coefficient (Wildman–Crippen LogP) is 4.36. The summed E-state index contributed by atoms with van der Waals surface area (Å²) in [5.41, 5.74) is 0.801. The summed E-state index contributed by atoms with van der Waals surface area (Å²) in [6.07, 6.45) is 2.03. The van der Waals surface area contributed by atoms with Crippen molar-refractivity contribution in [1.82, 2.24) is 5.32 Å². The SMILES string of the molecule is CCCC(C)C(NCC)c1ccc(C)c(F)c1F. The molecule has 2 atom stereocenters. The zero-order chi connectivity index (χ0) is 13.7. The van der Waals surface area contributed by atoms with Crippen LogP contribution in [0.5, 0.6) is 0 Å². The van der Waals surface area contributed by atoms with Gasteiger partial charge in [0.1, 0.15) is 0 Å². The maximum Gasteiger partial charge on any atom is 0.163 e. The van der Waals surface area contributed by atoms with E-state index in [1.807, 2.05) is 6.92 Å². The molecular formula is C15H23F2N. The summed E-state index contributed by atoms with van der Waals surface area (Å²) < 4.78 is 27.7. The molecule has 0 fully saturated rings. The van der Waals surface area contributed by atoms with Crippen molar-refractivity contribution in [2.75, 3.05) is 6.54 Å². The lowest BCUT2D eigenvalue weighted by Crippen LogP contribution is -2.28. The maximum atomic E-state index is 14.0. The number of halogens is 2. The van der Waals surface area contributed by atoms with Crippen molar-refractivity contribution in [3.63, 3.8) is 0 Å². The van der Waals surface area contributed by atoms with Crippen LogP contribution < -0.4 is 5.32 Å². The standard InChI is InChI=1S/C15H23F2N/c1-5-7-11(4)15(18-6-2)12-9-8-10(3)13(16)14(12)17/h8-9,11,15,18H,5-7H2,1-4H3. The van der Waals surface area contributed by atoms with Gasteiger partial charge in [0.2, 0.25) is 0 Å². The number of hydrogen-bond donors (Lipinski definition) is 1. The molecule has 2 unspecified atom stereocenters. The summed E-state index contributed by atoms with van der Waals surface area (Å²) in [4.78, 5) is 0. The van der Waals surface area contributed by atoms with Crippen LogP contribution in [0.3, 0.4) is 0 Å². The van der Waals surface area contributed by atoms with E-state index in [1.165, 1.54) is 0 Å². The molecule has 102 valence electrons. The Hall–Kier alpha value is -0.960. The highest BCUT2D eigenvalue weighted by Gasteiger charge is 2.23. The lowest BCUT2D eigenvalue weighted by atomic mass is 9.90. The summed E-state index contributed by atoms with van der Waals surface area (Å²) in [7, 11) is 0. The molecule has 0 amide bonds. The molecule has 0 bridgehead atoms. The molecule has 18 heavy (non-hydrogen) atoms. The Morgan fingerprint density at radius 3 is 2.39 bits per heavy atom. The van der Waals surface area contributed by atoms with Gasteiger partial charge in [0.25, 0.3) is 0 Å². The van der Waals surface area contributed by atoms with E-state index in [-0.39, 0.29) is 12.0 Å². The topological polar surface area (TPSA) is 12.0 Å². The highest BCUT2D eigenvalue weighted by atomic mass is 19.2. The molecule has 1 aromatic rings. The molecule has 0 saturated heterocycles. The fraction of sp³-hybridized carbons (Fsp3) is 0.600. The molecular weight excluding hydrogens is 232 g/mol. The number of hydrogen-bond acceptors (Lipinski definition) is 1. The minimum atomic E-state index is -0.723. The molecule has 0 radical (unpaired) electrons. The van der Waals surface area contributed by atoms with Gasteiger partial charge >= 0.3 is 0 Å². The zero-order valence-electron chi connectivity index (χ0n) is 11.7. The van der Waals surface area contributed by atoms with Crippen molar-refractivity contribution in [3.8, 4) is 0 Å². The van der Waals surface area contributed by atoms with Crippen LogP contribution in [-0.4, -0.2) is 6.54 Å². The Labute approximate surface area is 109 Å². The van der Waals surface area contributed by atoms with Gasteiger partial charge in [0.05, 0.1) is 0 Å². The van der Waals surface area contributed by atoms with E-state index in [9.17, 15) is 8.78 Å². The maximum absolute atomic E-state index is 14.0. The second-order valence-corrected chi connectivity index (χ2v) is 4.90. The van der Waals surface area contributed by atoms with E-state index < -0.39 is 11.6 Å². The highest BCUT2D eigenvalue weighted by molar-refractivity contribution is 5.28. The third-order valence-electron chi connectivity index (χ3n) is 3.38. The van der Waals surface area contributed by atoms with E-state index in [0.29, 0.717) is 11.1 Å². The van der Waals surface area contributed by atoms with Crippen LogP contribution in [0.15, 0.2) is 12.1 Å². The Kier molecular flexibility index (Phi) is 5.73. The third-order valence-corrected chi connectivity index (χ3v) is 3.38. The van der Waals surface area contributed by atoms with E-state index in [2.05, 4.69) is 19.2 Å². The van der Waals surface area contributed by atoms with Gasteiger partial charge in [-0.15, -0.1) is 0 Å². The van der Waals surface area contributed by atoms with Crippen LogP contribution in [0.1, 0.15) is 50.8 Å². The van der Waals surface area contributed by atoms with Gasteiger partial charge < -0.3 is 5.32 Å². The van der Waals surface area contributed by atoms with Crippen LogP contribution in [0.25, 0.3) is 0 Å². The van der Waals surface area contributed by atoms with Gasteiger partial charge in [-0.25, -0.2) is 8.78 Å². The van der Waals surface area contributed by atoms with Gasteiger partial charge in [0, 0.05) is 11.6 Å². The molecule has 1 N–H and O–H groups in total. The summed E-state index contributed by atoms with van der Waals surface area (Å²) in [6.45, 7) is 8.49. The van der Waals surface area contributed by atoms with Gasteiger partial charge in [-0.1, -0.05) is 39.3 Å². The lowest BCUT2D eigenvalue weighted by molar-refractivity contribution is 0.352. The second-order valence-electron chi connectivity index (χ2n) is 4.90. The van der Waals surface area contributed by atoms with Crippen LogP contribution >= 0.6 is 0 Å². The number of nitrogens with one attached hydrogen (secondary N) is 1. The van der Waals surface area contributed by atoms with Crippen molar-refractivity contribution in [2.45, 2.75) is 46.6 Å². The molecule has 0 saturated carbocycles. The van der Waals surface area contributed by atoms with E-state index in [4.69, 9.17) is 0 Å². The average molecular weight is 255 g/mol. The van der Waals surface area contributed by atoms with E-state index in [0.717, 1.165) is 19.4 Å². The largest absolute Gasteiger partial charge is 0.310 e. The first-order valence-electron chi connectivity index (χ1n) is 6.70. The molecule has 0 aliphatic rings. The first-order valence-corrected chi connectivity index (χ1v) is 6.70. The van der Waals surface area contributed by atoms with Crippen LogP contribution in [0.2, 0.25) is 0 Å². The quantitative estimate of drug-likeness (QED) is 0.796. The van der Waals surface area contributed by atoms with E-state index in [1.54, 1.807) is 19.1 Å². The van der Waals surface area contributed by atoms with Crippen molar-refractivity contribution in [2.24, 2.45) is 5.92 Å². The van der Waals surface area contributed by atoms with Gasteiger partial charge in [-0.05, 0) is 31.4 Å². The Morgan fingerprint density at radius 2 is 1.83 bits per heavy atom. The molecule has 0 spiro atoms. The monoisotopic (exact) mass is 255 g/mol. The van der Waals surface area contributed by atoms with Gasteiger partial charge in [-0.3, -0.25) is 0 Å². The number of benzene rings is 1. The highest BCUT2D eigenvalue weighted by Crippen LogP contribution is 2.29. The molecule has 0 aliphatic carbocycles. The summed E-state index contributed by atoms with van der Waals surface area (Å²) in [5, 5.41) is 3.26. The Balaban J connectivity index is 3.09. The Morgan fingerprint density at radius 1 is 1.17 bits per heavy atom. The summed E-state index contributed by atoms with van der Waals surface area (Å²) >= 11 is 0. The van der Waals surface area contributed by atoms with E-state index >= 15 is 0 Å². The van der Waals surface area contributed by atoms with Gasteiger partial charge in [0.15, 0.2) is 11.6 Å².